The molecule has 0 aliphatic carbocycles. The second-order valence-electron chi connectivity index (χ2n) is 3.95. The summed E-state index contributed by atoms with van der Waals surface area (Å²) in [6, 6.07) is 14.0. The molecule has 0 saturated carbocycles. The summed E-state index contributed by atoms with van der Waals surface area (Å²) in [6.45, 7) is 0.168. The number of halogens is 1. The zero-order valence-electron chi connectivity index (χ0n) is 10.1. The van der Waals surface area contributed by atoms with E-state index in [2.05, 4.69) is 5.32 Å². The van der Waals surface area contributed by atoms with Gasteiger partial charge in [0.2, 0.25) is 0 Å². The SMILES string of the molecule is Nc1ccc(NC(=O)OCc2cccc(Cl)c2)cc1. The molecule has 0 spiro atoms. The van der Waals surface area contributed by atoms with Crippen LogP contribution in [-0.4, -0.2) is 6.09 Å². The first-order valence-corrected chi connectivity index (χ1v) is 6.05. The van der Waals surface area contributed by atoms with E-state index in [0.717, 1.165) is 5.56 Å². The van der Waals surface area contributed by atoms with E-state index < -0.39 is 6.09 Å². The highest BCUT2D eigenvalue weighted by atomic mass is 35.5. The number of rotatable bonds is 3. The van der Waals surface area contributed by atoms with Gasteiger partial charge in [-0.15, -0.1) is 0 Å². The fraction of sp³-hybridized carbons (Fsp3) is 0.0714. The maximum Gasteiger partial charge on any atom is 0.411 e. The first kappa shape index (κ1) is 13.2. The Balaban J connectivity index is 1.86. The fourth-order valence-corrected chi connectivity index (χ4v) is 1.71. The topological polar surface area (TPSA) is 64.3 Å². The number of carbonyl (C=O) groups is 1. The second kappa shape index (κ2) is 6.11. The first-order chi connectivity index (χ1) is 9.13. The maximum absolute atomic E-state index is 11.6. The van der Waals surface area contributed by atoms with Gasteiger partial charge in [-0.25, -0.2) is 4.79 Å². The van der Waals surface area contributed by atoms with Crippen LogP contribution in [0.15, 0.2) is 48.5 Å². The molecular weight excluding hydrogens is 264 g/mol. The summed E-state index contributed by atoms with van der Waals surface area (Å²) >= 11 is 5.84. The highest BCUT2D eigenvalue weighted by Crippen LogP contribution is 2.13. The average molecular weight is 277 g/mol. The van der Waals surface area contributed by atoms with Gasteiger partial charge in [0.25, 0.3) is 0 Å². The molecule has 2 aromatic rings. The van der Waals surface area contributed by atoms with Crippen LogP contribution in [0.1, 0.15) is 5.56 Å². The minimum absolute atomic E-state index is 0.168. The summed E-state index contributed by atoms with van der Waals surface area (Å²) in [5.74, 6) is 0. The van der Waals surface area contributed by atoms with E-state index in [9.17, 15) is 4.79 Å². The molecule has 98 valence electrons. The molecule has 0 heterocycles. The number of nitrogens with two attached hydrogens (primary N) is 1. The molecule has 2 rings (SSSR count). The predicted molar refractivity (Wildman–Crippen MR) is 76.1 cm³/mol. The van der Waals surface area contributed by atoms with Gasteiger partial charge >= 0.3 is 6.09 Å². The molecule has 19 heavy (non-hydrogen) atoms. The van der Waals surface area contributed by atoms with Crippen LogP contribution in [0, 0.1) is 0 Å². The number of nitrogens with one attached hydrogen (secondary N) is 1. The van der Waals surface area contributed by atoms with Crippen LogP contribution in [-0.2, 0) is 11.3 Å². The van der Waals surface area contributed by atoms with Gasteiger partial charge in [-0.3, -0.25) is 5.32 Å². The molecule has 0 aromatic heterocycles. The minimum atomic E-state index is -0.523. The fourth-order valence-electron chi connectivity index (χ4n) is 1.50. The Morgan fingerprint density at radius 2 is 1.95 bits per heavy atom. The minimum Gasteiger partial charge on any atom is -0.444 e. The van der Waals surface area contributed by atoms with Gasteiger partial charge in [-0.05, 0) is 42.0 Å². The number of hydrogen-bond acceptors (Lipinski definition) is 3. The van der Waals surface area contributed by atoms with Crippen molar-refractivity contribution in [3.8, 4) is 0 Å². The smallest absolute Gasteiger partial charge is 0.411 e. The van der Waals surface area contributed by atoms with E-state index in [4.69, 9.17) is 22.1 Å². The monoisotopic (exact) mass is 276 g/mol. The molecule has 0 aliphatic rings. The third kappa shape index (κ3) is 4.19. The molecule has 0 unspecified atom stereocenters. The summed E-state index contributed by atoms with van der Waals surface area (Å²) < 4.78 is 5.08. The molecule has 0 saturated heterocycles. The van der Waals surface area contributed by atoms with Crippen molar-refractivity contribution in [1.29, 1.82) is 0 Å². The Kier molecular flexibility index (Phi) is 4.26. The van der Waals surface area contributed by atoms with Gasteiger partial charge in [0.15, 0.2) is 0 Å². The van der Waals surface area contributed by atoms with Crippen molar-refractivity contribution >= 4 is 29.1 Å². The molecule has 1 amide bonds. The number of anilines is 2. The van der Waals surface area contributed by atoms with Gasteiger partial charge in [0.1, 0.15) is 6.61 Å². The zero-order chi connectivity index (χ0) is 13.7. The van der Waals surface area contributed by atoms with Crippen molar-refractivity contribution in [3.63, 3.8) is 0 Å². The Hall–Kier alpha value is -2.20. The normalized spacial score (nSPS) is 9.95. The summed E-state index contributed by atoms with van der Waals surface area (Å²) in [7, 11) is 0. The van der Waals surface area contributed by atoms with Gasteiger partial charge in [0.05, 0.1) is 0 Å². The lowest BCUT2D eigenvalue weighted by atomic mass is 10.2. The van der Waals surface area contributed by atoms with E-state index in [1.807, 2.05) is 6.07 Å². The van der Waals surface area contributed by atoms with Crippen LogP contribution >= 0.6 is 11.6 Å². The molecule has 2 aromatic carbocycles. The summed E-state index contributed by atoms with van der Waals surface area (Å²) in [4.78, 5) is 11.6. The van der Waals surface area contributed by atoms with Crippen LogP contribution in [0.5, 0.6) is 0 Å². The summed E-state index contributed by atoms with van der Waals surface area (Å²) in [6.07, 6.45) is -0.523. The van der Waals surface area contributed by atoms with Crippen molar-refractivity contribution < 1.29 is 9.53 Å². The Morgan fingerprint density at radius 3 is 2.63 bits per heavy atom. The lowest BCUT2D eigenvalue weighted by molar-refractivity contribution is 0.155. The first-order valence-electron chi connectivity index (χ1n) is 5.67. The van der Waals surface area contributed by atoms with Crippen molar-refractivity contribution in [2.75, 3.05) is 11.1 Å². The average Bonchev–Trinajstić information content (AvgIpc) is 2.39. The third-order valence-corrected chi connectivity index (χ3v) is 2.65. The lowest BCUT2D eigenvalue weighted by Gasteiger charge is -2.07. The molecular formula is C14H13ClN2O2. The summed E-state index contributed by atoms with van der Waals surface area (Å²) in [5.41, 5.74) is 7.65. The van der Waals surface area contributed by atoms with Crippen LogP contribution in [0.2, 0.25) is 5.02 Å². The lowest BCUT2D eigenvalue weighted by Crippen LogP contribution is -2.13. The van der Waals surface area contributed by atoms with E-state index in [0.29, 0.717) is 16.4 Å². The molecule has 4 nitrogen and oxygen atoms in total. The highest BCUT2D eigenvalue weighted by Gasteiger charge is 2.03. The molecule has 0 radical (unpaired) electrons. The predicted octanol–water partition coefficient (Wildman–Crippen LogP) is 3.67. The largest absolute Gasteiger partial charge is 0.444 e. The Bertz CT molecular complexity index is 570. The standard InChI is InChI=1S/C14H13ClN2O2/c15-11-3-1-2-10(8-11)9-19-14(18)17-13-6-4-12(16)5-7-13/h1-8H,9,16H2,(H,17,18). The number of carbonyl (C=O) groups excluding carboxylic acids is 1. The van der Waals surface area contributed by atoms with Crippen LogP contribution in [0.4, 0.5) is 16.2 Å². The zero-order valence-corrected chi connectivity index (χ0v) is 10.9. The van der Waals surface area contributed by atoms with Gasteiger partial charge in [0, 0.05) is 16.4 Å². The van der Waals surface area contributed by atoms with Crippen molar-refractivity contribution in [2.24, 2.45) is 0 Å². The molecule has 0 aliphatic heterocycles. The van der Waals surface area contributed by atoms with Crippen LogP contribution in [0.3, 0.4) is 0 Å². The van der Waals surface area contributed by atoms with E-state index in [-0.39, 0.29) is 6.61 Å². The Labute approximate surface area is 116 Å². The second-order valence-corrected chi connectivity index (χ2v) is 4.39. The third-order valence-electron chi connectivity index (χ3n) is 2.42. The van der Waals surface area contributed by atoms with Gasteiger partial charge < -0.3 is 10.5 Å². The Morgan fingerprint density at radius 1 is 1.21 bits per heavy atom. The highest BCUT2D eigenvalue weighted by molar-refractivity contribution is 6.30. The van der Waals surface area contributed by atoms with E-state index >= 15 is 0 Å². The molecule has 3 N–H and O–H groups in total. The van der Waals surface area contributed by atoms with Gasteiger partial charge in [-0.2, -0.15) is 0 Å². The quantitative estimate of drug-likeness (QED) is 0.841. The van der Waals surface area contributed by atoms with Gasteiger partial charge in [-0.1, -0.05) is 23.7 Å². The van der Waals surface area contributed by atoms with Crippen molar-refractivity contribution in [1.82, 2.24) is 0 Å². The maximum atomic E-state index is 11.6. The molecule has 0 bridgehead atoms. The molecule has 0 atom stereocenters. The molecule has 5 heteroatoms. The molecule has 0 fully saturated rings. The number of ether oxygens (including phenoxy) is 1. The van der Waals surface area contributed by atoms with E-state index in [1.165, 1.54) is 0 Å². The number of amides is 1. The summed E-state index contributed by atoms with van der Waals surface area (Å²) in [5, 5.41) is 3.22. The number of hydrogen-bond donors (Lipinski definition) is 2. The van der Waals surface area contributed by atoms with Crippen molar-refractivity contribution in [3.05, 3.63) is 59.1 Å². The van der Waals surface area contributed by atoms with E-state index in [1.54, 1.807) is 42.5 Å². The number of benzene rings is 2. The van der Waals surface area contributed by atoms with Crippen molar-refractivity contribution in [2.45, 2.75) is 6.61 Å². The van der Waals surface area contributed by atoms with Crippen LogP contribution < -0.4 is 11.1 Å². The van der Waals surface area contributed by atoms with Crippen LogP contribution in [0.25, 0.3) is 0 Å². The number of nitrogen functional groups attached to an aromatic ring is 1.